The van der Waals surface area contributed by atoms with Gasteiger partial charge in [0.05, 0.1) is 24.8 Å². The molecule has 7 heteroatoms. The number of likely N-dealkylation sites (tertiary alicyclic amines) is 1. The summed E-state index contributed by atoms with van der Waals surface area (Å²) < 4.78 is 37.7. The van der Waals surface area contributed by atoms with Crippen molar-refractivity contribution < 1.29 is 18.0 Å². The number of alkyl halides is 3. The van der Waals surface area contributed by atoms with E-state index in [9.17, 15) is 18.0 Å². The minimum atomic E-state index is -4.28. The van der Waals surface area contributed by atoms with Crippen molar-refractivity contribution in [2.45, 2.75) is 38.5 Å². The average Bonchev–Trinajstić information content (AvgIpc) is 2.83. The number of aryl methyl sites for hydroxylation is 1. The van der Waals surface area contributed by atoms with Crippen molar-refractivity contribution in [2.24, 2.45) is 0 Å². The van der Waals surface area contributed by atoms with E-state index in [0.29, 0.717) is 25.9 Å². The van der Waals surface area contributed by atoms with E-state index in [0.717, 1.165) is 11.4 Å². The molecule has 0 saturated carbocycles. The fraction of sp³-hybridized carbons (Fsp3) is 0.600. The van der Waals surface area contributed by atoms with Crippen molar-refractivity contribution in [3.63, 3.8) is 0 Å². The van der Waals surface area contributed by atoms with E-state index >= 15 is 0 Å². The van der Waals surface area contributed by atoms with Gasteiger partial charge in [0, 0.05) is 12.7 Å². The van der Waals surface area contributed by atoms with Gasteiger partial charge >= 0.3 is 6.18 Å². The molecule has 1 aliphatic rings. The van der Waals surface area contributed by atoms with Gasteiger partial charge in [-0.25, -0.2) is 0 Å². The molecule has 2 rings (SSSR count). The molecule has 4 nitrogen and oxygen atoms in total. The first-order valence-electron chi connectivity index (χ1n) is 7.24. The van der Waals surface area contributed by atoms with Gasteiger partial charge in [0.2, 0.25) is 5.91 Å². The second-order valence-electron chi connectivity index (χ2n) is 5.71. The third-order valence-corrected chi connectivity index (χ3v) is 3.75. The van der Waals surface area contributed by atoms with Gasteiger partial charge < -0.3 is 4.90 Å². The molecular formula is C15H20F3N3O. The van der Waals surface area contributed by atoms with Gasteiger partial charge in [-0.3, -0.25) is 14.7 Å². The van der Waals surface area contributed by atoms with E-state index in [1.807, 2.05) is 19.1 Å². The van der Waals surface area contributed by atoms with E-state index in [1.165, 1.54) is 9.80 Å². The summed E-state index contributed by atoms with van der Waals surface area (Å²) in [5.41, 5.74) is 1.58. The molecule has 1 saturated heterocycles. The molecule has 0 bridgehead atoms. The summed E-state index contributed by atoms with van der Waals surface area (Å²) >= 11 is 0. The molecule has 1 aliphatic heterocycles. The van der Waals surface area contributed by atoms with Crippen molar-refractivity contribution in [1.82, 2.24) is 14.8 Å². The van der Waals surface area contributed by atoms with Crippen LogP contribution in [-0.2, 0) is 11.3 Å². The fourth-order valence-corrected chi connectivity index (χ4v) is 2.79. The van der Waals surface area contributed by atoms with Crippen LogP contribution < -0.4 is 0 Å². The highest BCUT2D eigenvalue weighted by Crippen LogP contribution is 2.25. The molecule has 1 aromatic heterocycles. The molecule has 122 valence electrons. The van der Waals surface area contributed by atoms with Crippen LogP contribution in [0.15, 0.2) is 18.2 Å². The van der Waals surface area contributed by atoms with Gasteiger partial charge in [0.25, 0.3) is 0 Å². The lowest BCUT2D eigenvalue weighted by Gasteiger charge is -2.28. The van der Waals surface area contributed by atoms with Crippen LogP contribution in [0.1, 0.15) is 24.2 Å². The minimum absolute atomic E-state index is 0.273. The monoisotopic (exact) mass is 315 g/mol. The summed E-state index contributed by atoms with van der Waals surface area (Å²) in [6, 6.07) is 4.82. The van der Waals surface area contributed by atoms with Gasteiger partial charge in [-0.2, -0.15) is 13.2 Å². The molecule has 1 fully saturated rings. The summed E-state index contributed by atoms with van der Waals surface area (Å²) in [7, 11) is 1.61. The van der Waals surface area contributed by atoms with E-state index in [-0.39, 0.29) is 5.91 Å². The zero-order chi connectivity index (χ0) is 16.3. The lowest BCUT2D eigenvalue weighted by molar-refractivity contribution is -0.154. The number of rotatable bonds is 4. The van der Waals surface area contributed by atoms with Crippen LogP contribution in [0.2, 0.25) is 0 Å². The van der Waals surface area contributed by atoms with Crippen molar-refractivity contribution in [3.05, 3.63) is 29.6 Å². The van der Waals surface area contributed by atoms with Gasteiger partial charge in [0.1, 0.15) is 0 Å². The van der Waals surface area contributed by atoms with Crippen LogP contribution in [0.3, 0.4) is 0 Å². The van der Waals surface area contributed by atoms with Gasteiger partial charge in [-0.05, 0) is 38.4 Å². The summed E-state index contributed by atoms with van der Waals surface area (Å²) in [5, 5.41) is 0. The average molecular weight is 315 g/mol. The van der Waals surface area contributed by atoms with Crippen molar-refractivity contribution in [1.29, 1.82) is 0 Å². The molecule has 0 radical (unpaired) electrons. The summed E-state index contributed by atoms with van der Waals surface area (Å²) in [6.07, 6.45) is -3.19. The highest BCUT2D eigenvalue weighted by Gasteiger charge is 2.39. The maximum absolute atomic E-state index is 12.6. The Labute approximate surface area is 127 Å². The molecule has 1 aromatic rings. The number of nitrogens with zero attached hydrogens (tertiary/aromatic N) is 3. The molecule has 1 unspecified atom stereocenters. The molecule has 1 amide bonds. The largest absolute Gasteiger partial charge is 0.401 e. The molecule has 2 heterocycles. The predicted octanol–water partition coefficient (Wildman–Crippen LogP) is 2.38. The highest BCUT2D eigenvalue weighted by atomic mass is 19.4. The Balaban J connectivity index is 2.00. The lowest BCUT2D eigenvalue weighted by Crippen LogP contribution is -2.47. The molecule has 0 N–H and O–H groups in total. The van der Waals surface area contributed by atoms with Crippen molar-refractivity contribution in [3.8, 4) is 0 Å². The summed E-state index contributed by atoms with van der Waals surface area (Å²) in [6.45, 7) is 1.44. The maximum Gasteiger partial charge on any atom is 0.401 e. The van der Waals surface area contributed by atoms with Gasteiger partial charge in [-0.1, -0.05) is 6.07 Å². The predicted molar refractivity (Wildman–Crippen MR) is 76.1 cm³/mol. The van der Waals surface area contributed by atoms with E-state index in [4.69, 9.17) is 0 Å². The Morgan fingerprint density at radius 1 is 1.45 bits per heavy atom. The quantitative estimate of drug-likeness (QED) is 0.856. The Kier molecular flexibility index (Phi) is 5.05. The van der Waals surface area contributed by atoms with Crippen molar-refractivity contribution in [2.75, 3.05) is 20.1 Å². The normalized spacial score (nSPS) is 19.4. The number of amides is 1. The van der Waals surface area contributed by atoms with E-state index in [1.54, 1.807) is 13.1 Å². The smallest absolute Gasteiger partial charge is 0.338 e. The second kappa shape index (κ2) is 6.64. The van der Waals surface area contributed by atoms with Crippen LogP contribution in [0.4, 0.5) is 13.2 Å². The van der Waals surface area contributed by atoms with Crippen LogP contribution in [0.5, 0.6) is 0 Å². The van der Waals surface area contributed by atoms with Crippen LogP contribution in [0.25, 0.3) is 0 Å². The molecule has 0 aromatic carbocycles. The molecule has 0 spiro atoms. The zero-order valence-electron chi connectivity index (χ0n) is 12.7. The Morgan fingerprint density at radius 2 is 2.18 bits per heavy atom. The first kappa shape index (κ1) is 16.7. The molecule has 22 heavy (non-hydrogen) atoms. The van der Waals surface area contributed by atoms with Gasteiger partial charge in [0.15, 0.2) is 0 Å². The summed E-state index contributed by atoms with van der Waals surface area (Å²) in [4.78, 5) is 19.4. The van der Waals surface area contributed by atoms with Crippen LogP contribution in [-0.4, -0.2) is 53.0 Å². The first-order valence-corrected chi connectivity index (χ1v) is 7.24. The Hall–Kier alpha value is -1.63. The van der Waals surface area contributed by atoms with Crippen molar-refractivity contribution >= 4 is 5.91 Å². The number of halogens is 3. The van der Waals surface area contributed by atoms with Crippen LogP contribution in [0, 0.1) is 6.92 Å². The van der Waals surface area contributed by atoms with E-state index < -0.39 is 18.8 Å². The first-order chi connectivity index (χ1) is 10.3. The van der Waals surface area contributed by atoms with E-state index in [2.05, 4.69) is 4.98 Å². The molecule has 1 atom stereocenters. The third-order valence-electron chi connectivity index (χ3n) is 3.75. The number of hydrogen-bond acceptors (Lipinski definition) is 3. The van der Waals surface area contributed by atoms with Crippen LogP contribution >= 0.6 is 0 Å². The third kappa shape index (κ3) is 4.43. The fourth-order valence-electron chi connectivity index (χ4n) is 2.79. The number of carbonyl (C=O) groups excluding carboxylic acids is 1. The number of likely N-dealkylation sites (N-methyl/N-ethyl adjacent to an activating group) is 1. The maximum atomic E-state index is 12.6. The number of hydrogen-bond donors (Lipinski definition) is 0. The Morgan fingerprint density at radius 3 is 2.82 bits per heavy atom. The number of aromatic nitrogens is 1. The number of carbonyl (C=O) groups is 1. The standard InChI is InChI=1S/C15H20F3N3O/c1-11-5-3-6-12(19-11)9-20(2)14(22)13-7-4-8-21(13)10-15(16,17)18/h3,5-6,13H,4,7-10H2,1-2H3. The van der Waals surface area contributed by atoms with Gasteiger partial charge in [-0.15, -0.1) is 0 Å². The summed E-state index contributed by atoms with van der Waals surface area (Å²) in [5.74, 6) is -0.273. The SMILES string of the molecule is Cc1cccc(CN(C)C(=O)C2CCCN2CC(F)(F)F)n1. The lowest BCUT2D eigenvalue weighted by atomic mass is 10.2. The Bertz CT molecular complexity index is 533. The highest BCUT2D eigenvalue weighted by molar-refractivity contribution is 5.81. The second-order valence-corrected chi connectivity index (χ2v) is 5.71. The topological polar surface area (TPSA) is 36.4 Å². The zero-order valence-corrected chi connectivity index (χ0v) is 12.7. The molecular weight excluding hydrogens is 295 g/mol. The number of pyridine rings is 1. The minimum Gasteiger partial charge on any atom is -0.338 e. The molecule has 0 aliphatic carbocycles.